The van der Waals surface area contributed by atoms with E-state index >= 15 is 0 Å². The van der Waals surface area contributed by atoms with Crippen molar-refractivity contribution in [3.8, 4) is 17.2 Å². The van der Waals surface area contributed by atoms with Crippen LogP contribution in [0.5, 0.6) is 17.2 Å². The molecule has 3 aromatic rings. The Balaban J connectivity index is 1.56. The number of benzene rings is 1. The van der Waals surface area contributed by atoms with Gasteiger partial charge in [-0.05, 0) is 43.4 Å². The molecule has 1 aliphatic carbocycles. The third-order valence-electron chi connectivity index (χ3n) is 5.12. The lowest BCUT2D eigenvalue weighted by Gasteiger charge is -2.13. The zero-order valence-electron chi connectivity index (χ0n) is 17.1. The molecule has 9 heteroatoms. The van der Waals surface area contributed by atoms with Gasteiger partial charge in [-0.25, -0.2) is 14.8 Å². The lowest BCUT2D eigenvalue weighted by molar-refractivity contribution is 0.0462. The van der Waals surface area contributed by atoms with Gasteiger partial charge in [0.05, 0.1) is 32.3 Å². The molecule has 0 saturated carbocycles. The number of carbonyl (C=O) groups is 1. The first-order valence-electron chi connectivity index (χ1n) is 9.59. The molecule has 0 radical (unpaired) electrons. The van der Waals surface area contributed by atoms with Gasteiger partial charge < -0.3 is 24.7 Å². The van der Waals surface area contributed by atoms with E-state index in [1.807, 2.05) is 0 Å². The van der Waals surface area contributed by atoms with Crippen molar-refractivity contribution in [2.45, 2.75) is 32.3 Å². The fraction of sp³-hybridized carbons (Fsp3) is 0.381. The van der Waals surface area contributed by atoms with Gasteiger partial charge in [-0.2, -0.15) is 0 Å². The highest BCUT2D eigenvalue weighted by atomic mass is 32.1. The van der Waals surface area contributed by atoms with Crippen LogP contribution in [-0.4, -0.2) is 37.3 Å². The van der Waals surface area contributed by atoms with Crippen LogP contribution in [0, 0.1) is 0 Å². The molecule has 0 aliphatic heterocycles. The first-order chi connectivity index (χ1) is 14.5. The molecular formula is C21H23N3O5S. The number of aryl methyl sites for hydroxylation is 2. The Morgan fingerprint density at radius 2 is 1.77 bits per heavy atom. The van der Waals surface area contributed by atoms with Crippen molar-refractivity contribution in [2.24, 2.45) is 0 Å². The number of thiophene rings is 1. The summed E-state index contributed by atoms with van der Waals surface area (Å²) in [6.07, 6.45) is 4.42. The van der Waals surface area contributed by atoms with E-state index < -0.39 is 5.97 Å². The predicted molar refractivity (Wildman–Crippen MR) is 114 cm³/mol. The van der Waals surface area contributed by atoms with Crippen molar-refractivity contribution < 1.29 is 23.7 Å². The zero-order valence-corrected chi connectivity index (χ0v) is 17.9. The number of anilines is 1. The average Bonchev–Trinajstić information content (AvgIpc) is 3.15. The average molecular weight is 429 g/mol. The summed E-state index contributed by atoms with van der Waals surface area (Å²) in [5.41, 5.74) is 7.77. The van der Waals surface area contributed by atoms with Crippen molar-refractivity contribution in [3.63, 3.8) is 0 Å². The minimum Gasteiger partial charge on any atom is -0.493 e. The molecule has 0 spiro atoms. The summed E-state index contributed by atoms with van der Waals surface area (Å²) in [5, 5.41) is 0.953. The number of fused-ring (bicyclic) bond motifs is 3. The van der Waals surface area contributed by atoms with Crippen LogP contribution in [0.25, 0.3) is 10.2 Å². The topological polar surface area (TPSA) is 106 Å². The van der Waals surface area contributed by atoms with E-state index in [0.717, 1.165) is 29.5 Å². The van der Waals surface area contributed by atoms with E-state index in [1.54, 1.807) is 11.3 Å². The van der Waals surface area contributed by atoms with Crippen molar-refractivity contribution in [3.05, 3.63) is 34.0 Å². The first kappa shape index (κ1) is 20.2. The number of esters is 1. The van der Waals surface area contributed by atoms with Gasteiger partial charge >= 0.3 is 5.97 Å². The largest absolute Gasteiger partial charge is 0.493 e. The monoisotopic (exact) mass is 429 g/mol. The number of ether oxygens (including phenoxy) is 4. The molecule has 8 nitrogen and oxygen atoms in total. The quantitative estimate of drug-likeness (QED) is 0.593. The molecule has 0 fully saturated rings. The van der Waals surface area contributed by atoms with Crippen LogP contribution in [0.3, 0.4) is 0 Å². The van der Waals surface area contributed by atoms with Crippen LogP contribution in [0.2, 0.25) is 0 Å². The van der Waals surface area contributed by atoms with Gasteiger partial charge in [0.15, 0.2) is 23.9 Å². The van der Waals surface area contributed by atoms with Crippen LogP contribution in [0.4, 0.5) is 5.82 Å². The van der Waals surface area contributed by atoms with Gasteiger partial charge in [0.2, 0.25) is 5.75 Å². The Hall–Kier alpha value is -3.07. The SMILES string of the molecule is COc1cc(C(=O)OCc2nc(N)c3c4c(sc3n2)CCCC4)cc(OC)c1OC. The highest BCUT2D eigenvalue weighted by Crippen LogP contribution is 2.39. The van der Waals surface area contributed by atoms with E-state index in [9.17, 15) is 4.79 Å². The van der Waals surface area contributed by atoms with Crippen molar-refractivity contribution in [1.82, 2.24) is 9.97 Å². The molecule has 0 amide bonds. The highest BCUT2D eigenvalue weighted by molar-refractivity contribution is 7.19. The van der Waals surface area contributed by atoms with Gasteiger partial charge in [0.1, 0.15) is 10.6 Å². The van der Waals surface area contributed by atoms with Crippen LogP contribution >= 0.6 is 11.3 Å². The van der Waals surface area contributed by atoms with Gasteiger partial charge in [0.25, 0.3) is 0 Å². The third-order valence-corrected chi connectivity index (χ3v) is 6.31. The minimum atomic E-state index is -0.554. The van der Waals surface area contributed by atoms with Gasteiger partial charge in [-0.3, -0.25) is 0 Å². The van der Waals surface area contributed by atoms with E-state index in [2.05, 4.69) is 9.97 Å². The zero-order chi connectivity index (χ0) is 21.3. The van der Waals surface area contributed by atoms with E-state index in [1.165, 1.54) is 50.3 Å². The number of nitrogens with zero attached hydrogens (tertiary/aromatic N) is 2. The second-order valence-electron chi connectivity index (χ2n) is 6.91. The molecule has 1 aromatic carbocycles. The number of hydrogen-bond acceptors (Lipinski definition) is 9. The van der Waals surface area contributed by atoms with Gasteiger partial charge in [0, 0.05) is 4.88 Å². The van der Waals surface area contributed by atoms with Crippen LogP contribution in [0.15, 0.2) is 12.1 Å². The molecule has 2 aromatic heterocycles. The minimum absolute atomic E-state index is 0.0851. The molecule has 2 N–H and O–H groups in total. The van der Waals surface area contributed by atoms with E-state index in [0.29, 0.717) is 28.9 Å². The number of hydrogen-bond donors (Lipinski definition) is 1. The summed E-state index contributed by atoms with van der Waals surface area (Å²) in [6, 6.07) is 3.07. The number of nitrogens with two attached hydrogens (primary N) is 1. The Morgan fingerprint density at radius 1 is 1.07 bits per heavy atom. The predicted octanol–water partition coefficient (Wildman–Crippen LogP) is 3.54. The lowest BCUT2D eigenvalue weighted by Crippen LogP contribution is -2.09. The normalized spacial score (nSPS) is 13.0. The Bertz CT molecular complexity index is 1090. The standard InChI is InChI=1S/C21H23N3O5S/c1-26-13-8-11(9-14(27-2)18(13)28-3)21(25)29-10-16-23-19(22)17-12-6-4-5-7-15(12)30-20(17)24-16/h8-9H,4-7,10H2,1-3H3,(H2,22,23,24). The maximum absolute atomic E-state index is 12.6. The molecule has 2 heterocycles. The molecule has 0 atom stereocenters. The molecule has 0 saturated heterocycles. The Morgan fingerprint density at radius 3 is 2.43 bits per heavy atom. The van der Waals surface area contributed by atoms with Crippen LogP contribution in [0.1, 0.15) is 39.5 Å². The summed E-state index contributed by atoms with van der Waals surface area (Å²) in [4.78, 5) is 23.7. The van der Waals surface area contributed by atoms with Gasteiger partial charge in [-0.1, -0.05) is 0 Å². The summed E-state index contributed by atoms with van der Waals surface area (Å²) < 4.78 is 21.3. The molecule has 158 valence electrons. The molecular weight excluding hydrogens is 406 g/mol. The van der Waals surface area contributed by atoms with Crippen LogP contribution < -0.4 is 19.9 Å². The Kier molecular flexibility index (Phi) is 5.63. The number of rotatable bonds is 6. The fourth-order valence-electron chi connectivity index (χ4n) is 3.71. The molecule has 0 unspecified atom stereocenters. The van der Waals surface area contributed by atoms with E-state index in [-0.39, 0.29) is 12.2 Å². The third kappa shape index (κ3) is 3.60. The second kappa shape index (κ2) is 8.35. The molecule has 1 aliphatic rings. The van der Waals surface area contributed by atoms with Crippen LogP contribution in [-0.2, 0) is 24.2 Å². The van der Waals surface area contributed by atoms with Crippen molar-refractivity contribution in [1.29, 1.82) is 0 Å². The number of methoxy groups -OCH3 is 3. The number of aromatic nitrogens is 2. The van der Waals surface area contributed by atoms with Crippen molar-refractivity contribution in [2.75, 3.05) is 27.1 Å². The first-order valence-corrected chi connectivity index (χ1v) is 10.4. The van der Waals surface area contributed by atoms with E-state index in [4.69, 9.17) is 24.7 Å². The number of nitrogen functional groups attached to an aromatic ring is 1. The fourth-order valence-corrected chi connectivity index (χ4v) is 5.00. The number of carbonyl (C=O) groups excluding carboxylic acids is 1. The lowest BCUT2D eigenvalue weighted by atomic mass is 9.97. The maximum Gasteiger partial charge on any atom is 0.338 e. The summed E-state index contributed by atoms with van der Waals surface area (Å²) in [5.74, 6) is 1.41. The Labute approximate surface area is 177 Å². The maximum atomic E-state index is 12.6. The summed E-state index contributed by atoms with van der Waals surface area (Å²) in [7, 11) is 4.47. The molecule has 0 bridgehead atoms. The summed E-state index contributed by atoms with van der Waals surface area (Å²) >= 11 is 1.65. The molecule has 30 heavy (non-hydrogen) atoms. The van der Waals surface area contributed by atoms with Gasteiger partial charge in [-0.15, -0.1) is 11.3 Å². The smallest absolute Gasteiger partial charge is 0.338 e. The molecule has 4 rings (SSSR count). The summed E-state index contributed by atoms with van der Waals surface area (Å²) in [6.45, 7) is -0.0851. The second-order valence-corrected chi connectivity index (χ2v) is 7.99. The highest BCUT2D eigenvalue weighted by Gasteiger charge is 2.21. The van der Waals surface area contributed by atoms with Crippen molar-refractivity contribution >= 4 is 33.3 Å².